The third-order valence-electron chi connectivity index (χ3n) is 10.6. The maximum absolute atomic E-state index is 2.45. The van der Waals surface area contributed by atoms with Gasteiger partial charge in [-0.3, -0.25) is 0 Å². The molecule has 0 spiro atoms. The lowest BCUT2D eigenvalue weighted by molar-refractivity contribution is 0.778. The first-order valence-electron chi connectivity index (χ1n) is 17.8. The predicted octanol–water partition coefficient (Wildman–Crippen LogP) is 14.0. The van der Waals surface area contributed by atoms with Gasteiger partial charge in [-0.25, -0.2) is 0 Å². The molecule has 8 aromatic rings. The first-order valence-corrected chi connectivity index (χ1v) is 17.8. The topological polar surface area (TPSA) is 0 Å². The number of fused-ring (bicyclic) bond motifs is 4. The van der Waals surface area contributed by atoms with Crippen molar-refractivity contribution in [3.8, 4) is 22.3 Å². The molecule has 1 aliphatic rings. The molecule has 0 fully saturated rings. The Morgan fingerprint density at radius 1 is 0.420 bits per heavy atom. The van der Waals surface area contributed by atoms with Gasteiger partial charge in [0.1, 0.15) is 0 Å². The van der Waals surface area contributed by atoms with E-state index in [2.05, 4.69) is 190 Å². The SMILES string of the molecule is CCC1C=C(c2cccc(-c3c4ccccc4c(-c4cccc5c(C)cccc45)c4ccccc34)c2)C=CC(c2cccc3ccccc23)=C1. The Balaban J connectivity index is 1.21. The summed E-state index contributed by atoms with van der Waals surface area (Å²) in [4.78, 5) is 0. The molecule has 8 aromatic carbocycles. The minimum atomic E-state index is 0.336. The Kier molecular flexibility index (Phi) is 7.51. The minimum absolute atomic E-state index is 0.336. The van der Waals surface area contributed by atoms with Gasteiger partial charge in [0, 0.05) is 0 Å². The van der Waals surface area contributed by atoms with Crippen molar-refractivity contribution in [2.75, 3.05) is 0 Å². The van der Waals surface area contributed by atoms with Crippen molar-refractivity contribution in [2.24, 2.45) is 5.92 Å². The fourth-order valence-corrected chi connectivity index (χ4v) is 8.15. The first-order chi connectivity index (χ1) is 24.7. The second kappa shape index (κ2) is 12.5. The Morgan fingerprint density at radius 3 is 1.70 bits per heavy atom. The largest absolute Gasteiger partial charge is 0.0697 e. The van der Waals surface area contributed by atoms with E-state index in [1.54, 1.807) is 0 Å². The van der Waals surface area contributed by atoms with E-state index in [4.69, 9.17) is 0 Å². The number of allylic oxidation sites excluding steroid dienone is 6. The highest BCUT2D eigenvalue weighted by Crippen LogP contribution is 2.46. The fourth-order valence-electron chi connectivity index (χ4n) is 8.15. The summed E-state index contributed by atoms with van der Waals surface area (Å²) < 4.78 is 0. The van der Waals surface area contributed by atoms with Crippen LogP contribution in [0.2, 0.25) is 0 Å². The van der Waals surface area contributed by atoms with Gasteiger partial charge in [0.05, 0.1) is 0 Å². The summed E-state index contributed by atoms with van der Waals surface area (Å²) in [5.41, 5.74) is 11.5. The van der Waals surface area contributed by atoms with E-state index in [1.807, 2.05) is 0 Å². The zero-order chi connectivity index (χ0) is 33.6. The second-order valence-corrected chi connectivity index (χ2v) is 13.6. The van der Waals surface area contributed by atoms with Crippen LogP contribution in [0.25, 0.3) is 76.5 Å². The number of aryl methyl sites for hydroxylation is 1. The molecule has 0 heteroatoms. The number of rotatable bonds is 5. The zero-order valence-electron chi connectivity index (χ0n) is 28.5. The normalized spacial score (nSPS) is 14.6. The minimum Gasteiger partial charge on any atom is -0.0697 e. The molecule has 50 heavy (non-hydrogen) atoms. The van der Waals surface area contributed by atoms with E-state index < -0.39 is 0 Å². The van der Waals surface area contributed by atoms with Crippen molar-refractivity contribution in [2.45, 2.75) is 20.3 Å². The molecule has 0 aliphatic heterocycles. The standard InChI is InChI=1S/C50H38/c1-3-34-30-37(28-29-38(31-34)42-25-12-16-35-15-4-5-19-41(35)42)36-17-11-18-39(32-36)49-45-20-6-8-22-47(45)50(48-23-9-7-21-46(48)49)44-27-13-24-40-33(2)14-10-26-43(40)44/h4-32,34H,3H2,1-2H3. The fraction of sp³-hybridized carbons (Fsp3) is 0.0800. The van der Waals surface area contributed by atoms with Crippen LogP contribution in [0.5, 0.6) is 0 Å². The van der Waals surface area contributed by atoms with Gasteiger partial charge >= 0.3 is 0 Å². The van der Waals surface area contributed by atoms with Crippen LogP contribution in [0, 0.1) is 12.8 Å². The van der Waals surface area contributed by atoms with E-state index in [0.717, 1.165) is 6.42 Å². The molecule has 0 N–H and O–H groups in total. The molecule has 0 saturated heterocycles. The molecule has 1 unspecified atom stereocenters. The van der Waals surface area contributed by atoms with Crippen LogP contribution in [0.15, 0.2) is 176 Å². The lowest BCUT2D eigenvalue weighted by Gasteiger charge is -2.19. The summed E-state index contributed by atoms with van der Waals surface area (Å²) in [5, 5.41) is 10.3. The first kappa shape index (κ1) is 30.1. The molecular weight excluding hydrogens is 601 g/mol. The van der Waals surface area contributed by atoms with Gasteiger partial charge in [0.15, 0.2) is 0 Å². The molecule has 0 saturated carbocycles. The smallest absolute Gasteiger partial charge is 0.00201 e. The van der Waals surface area contributed by atoms with Crippen LogP contribution in [-0.2, 0) is 0 Å². The molecule has 0 radical (unpaired) electrons. The summed E-state index contributed by atoms with van der Waals surface area (Å²) >= 11 is 0. The van der Waals surface area contributed by atoms with Gasteiger partial charge in [-0.05, 0) is 119 Å². The molecule has 9 rings (SSSR count). The van der Waals surface area contributed by atoms with Crippen LogP contribution in [-0.4, -0.2) is 0 Å². The van der Waals surface area contributed by atoms with Crippen molar-refractivity contribution in [1.82, 2.24) is 0 Å². The third-order valence-corrected chi connectivity index (χ3v) is 10.6. The maximum Gasteiger partial charge on any atom is -0.00201 e. The molecular formula is C50H38. The summed E-state index contributed by atoms with van der Waals surface area (Å²) in [6.45, 7) is 4.50. The molecule has 1 atom stereocenters. The van der Waals surface area contributed by atoms with Crippen molar-refractivity contribution in [3.63, 3.8) is 0 Å². The maximum atomic E-state index is 2.45. The summed E-state index contributed by atoms with van der Waals surface area (Å²) in [7, 11) is 0. The highest BCUT2D eigenvalue weighted by Gasteiger charge is 2.19. The van der Waals surface area contributed by atoms with Crippen molar-refractivity contribution < 1.29 is 0 Å². The molecule has 0 heterocycles. The van der Waals surface area contributed by atoms with Gasteiger partial charge < -0.3 is 0 Å². The monoisotopic (exact) mass is 638 g/mol. The van der Waals surface area contributed by atoms with Crippen LogP contribution in [0.4, 0.5) is 0 Å². The Labute approximate surface area is 294 Å². The van der Waals surface area contributed by atoms with E-state index >= 15 is 0 Å². The van der Waals surface area contributed by atoms with E-state index in [-0.39, 0.29) is 0 Å². The zero-order valence-corrected chi connectivity index (χ0v) is 28.5. The molecule has 0 nitrogen and oxygen atoms in total. The van der Waals surface area contributed by atoms with Gasteiger partial charge in [-0.1, -0.05) is 177 Å². The molecule has 0 amide bonds. The second-order valence-electron chi connectivity index (χ2n) is 13.6. The van der Waals surface area contributed by atoms with Gasteiger partial charge in [-0.2, -0.15) is 0 Å². The van der Waals surface area contributed by atoms with E-state index in [0.29, 0.717) is 5.92 Å². The Hall–Kier alpha value is -5.98. The molecule has 0 bridgehead atoms. The number of benzene rings is 8. The highest BCUT2D eigenvalue weighted by molar-refractivity contribution is 6.23. The van der Waals surface area contributed by atoms with Gasteiger partial charge in [0.25, 0.3) is 0 Å². The van der Waals surface area contributed by atoms with Crippen molar-refractivity contribution >= 4 is 54.2 Å². The van der Waals surface area contributed by atoms with Crippen molar-refractivity contribution in [1.29, 1.82) is 0 Å². The quantitative estimate of drug-likeness (QED) is 0.165. The summed E-state index contributed by atoms with van der Waals surface area (Å²) in [6, 6.07) is 55.9. The number of hydrogen-bond acceptors (Lipinski definition) is 0. The van der Waals surface area contributed by atoms with Crippen LogP contribution < -0.4 is 0 Å². The highest BCUT2D eigenvalue weighted by atomic mass is 14.2. The Bertz CT molecular complexity index is 2630. The average Bonchev–Trinajstić information content (AvgIpc) is 3.40. The van der Waals surface area contributed by atoms with Crippen LogP contribution >= 0.6 is 0 Å². The lowest BCUT2D eigenvalue weighted by atomic mass is 9.84. The Morgan fingerprint density at radius 2 is 0.940 bits per heavy atom. The lowest BCUT2D eigenvalue weighted by Crippen LogP contribution is -1.94. The van der Waals surface area contributed by atoms with Crippen molar-refractivity contribution in [3.05, 3.63) is 193 Å². The van der Waals surface area contributed by atoms with Gasteiger partial charge in [0.2, 0.25) is 0 Å². The van der Waals surface area contributed by atoms with Crippen LogP contribution in [0.1, 0.15) is 30.0 Å². The third kappa shape index (κ3) is 5.08. The average molecular weight is 639 g/mol. The summed E-state index contributed by atoms with van der Waals surface area (Å²) in [6.07, 6.45) is 10.6. The van der Waals surface area contributed by atoms with E-state index in [1.165, 1.54) is 93.2 Å². The molecule has 1 aliphatic carbocycles. The summed E-state index contributed by atoms with van der Waals surface area (Å²) in [5.74, 6) is 0.336. The van der Waals surface area contributed by atoms with E-state index in [9.17, 15) is 0 Å². The number of hydrogen-bond donors (Lipinski definition) is 0. The molecule has 238 valence electrons. The molecule has 0 aromatic heterocycles. The van der Waals surface area contributed by atoms with Crippen LogP contribution in [0.3, 0.4) is 0 Å². The van der Waals surface area contributed by atoms with Gasteiger partial charge in [-0.15, -0.1) is 0 Å². The predicted molar refractivity (Wildman–Crippen MR) is 217 cm³/mol.